The summed E-state index contributed by atoms with van der Waals surface area (Å²) in [6.07, 6.45) is 0. The molecule has 0 saturated heterocycles. The molecule has 7 heteroatoms. The molecule has 11 rings (SSSR count). The number of fused-ring (bicyclic) bond motifs is 9. The first-order valence-electron chi connectivity index (χ1n) is 17.3. The van der Waals surface area contributed by atoms with Gasteiger partial charge in [0, 0.05) is 44.1 Å². The maximum Gasteiger partial charge on any atom is 0.169 e. The fourth-order valence-corrected chi connectivity index (χ4v) is 7.73. The van der Waals surface area contributed by atoms with Crippen LogP contribution in [-0.2, 0) is 0 Å². The van der Waals surface area contributed by atoms with Gasteiger partial charge in [0.15, 0.2) is 17.5 Å². The number of rotatable bonds is 4. The van der Waals surface area contributed by atoms with Crippen LogP contribution in [0.1, 0.15) is 5.56 Å². The second-order valence-corrected chi connectivity index (χ2v) is 13.1. The average Bonchev–Trinajstić information content (AvgIpc) is 3.89. The first kappa shape index (κ1) is 29.2. The molecule has 0 unspecified atom stereocenters. The molecule has 53 heavy (non-hydrogen) atoms. The summed E-state index contributed by atoms with van der Waals surface area (Å²) in [5.41, 5.74) is 8.20. The molecule has 0 fully saturated rings. The molecule has 0 N–H and O–H groups in total. The van der Waals surface area contributed by atoms with E-state index in [-0.39, 0.29) is 0 Å². The standard InChI is InChI=1S/C46H25N5O2/c47-26-29-23-37(51-35-20-10-7-17-30(35)33-24-34-31-18-8-11-21-38(31)52-40(34)25-36(33)51)42-32-19-9-12-22-39(32)53-43(42)41(29)46-49-44(27-13-3-1-4-14-27)48-45(50-46)28-15-5-2-6-16-28/h1-25H. The SMILES string of the molecule is N#Cc1cc(-n2c3ccccc3c3cc4c(cc32)oc2ccccc24)c2c(oc3ccccc32)c1-c1nc(-c2ccccc2)nc(-c2ccccc2)n1. The van der Waals surface area contributed by atoms with Crippen LogP contribution in [0, 0.1) is 11.3 Å². The zero-order valence-corrected chi connectivity index (χ0v) is 28.0. The van der Waals surface area contributed by atoms with Gasteiger partial charge in [0.1, 0.15) is 28.4 Å². The Kier molecular flexibility index (Phi) is 6.18. The van der Waals surface area contributed by atoms with Gasteiger partial charge in [0.25, 0.3) is 0 Å². The van der Waals surface area contributed by atoms with Crippen LogP contribution in [0.5, 0.6) is 0 Å². The Morgan fingerprint density at radius 2 is 1.06 bits per heavy atom. The number of para-hydroxylation sites is 3. The molecule has 7 nitrogen and oxygen atoms in total. The van der Waals surface area contributed by atoms with Crippen molar-refractivity contribution in [3.63, 3.8) is 0 Å². The van der Waals surface area contributed by atoms with Gasteiger partial charge < -0.3 is 13.4 Å². The van der Waals surface area contributed by atoms with E-state index < -0.39 is 0 Å². The molecular weight excluding hydrogens is 655 g/mol. The Morgan fingerprint density at radius 3 is 1.75 bits per heavy atom. The normalized spacial score (nSPS) is 11.8. The topological polar surface area (TPSA) is 93.7 Å². The van der Waals surface area contributed by atoms with Crippen LogP contribution >= 0.6 is 0 Å². The fourth-order valence-electron chi connectivity index (χ4n) is 7.73. The van der Waals surface area contributed by atoms with Crippen molar-refractivity contribution in [2.75, 3.05) is 0 Å². The van der Waals surface area contributed by atoms with E-state index in [9.17, 15) is 5.26 Å². The Balaban J connectivity index is 1.27. The average molecular weight is 680 g/mol. The minimum absolute atomic E-state index is 0.357. The van der Waals surface area contributed by atoms with Crippen LogP contribution in [0.15, 0.2) is 160 Å². The number of hydrogen-bond acceptors (Lipinski definition) is 6. The second kappa shape index (κ2) is 11.2. The summed E-state index contributed by atoms with van der Waals surface area (Å²) < 4.78 is 15.4. The van der Waals surface area contributed by atoms with Crippen molar-refractivity contribution in [1.29, 1.82) is 5.26 Å². The number of nitriles is 1. The summed E-state index contributed by atoms with van der Waals surface area (Å²) in [6.45, 7) is 0. The lowest BCUT2D eigenvalue weighted by atomic mass is 10.00. The molecule has 0 amide bonds. The van der Waals surface area contributed by atoms with Gasteiger partial charge in [-0.1, -0.05) is 115 Å². The van der Waals surface area contributed by atoms with Gasteiger partial charge >= 0.3 is 0 Å². The zero-order chi connectivity index (χ0) is 35.0. The minimum Gasteiger partial charge on any atom is -0.456 e. The number of aromatic nitrogens is 4. The van der Waals surface area contributed by atoms with E-state index in [1.807, 2.05) is 109 Å². The molecule has 0 aliphatic heterocycles. The van der Waals surface area contributed by atoms with E-state index in [4.69, 9.17) is 23.8 Å². The lowest BCUT2D eigenvalue weighted by Crippen LogP contribution is -2.03. The van der Waals surface area contributed by atoms with Crippen LogP contribution in [0.3, 0.4) is 0 Å². The molecule has 4 aromatic heterocycles. The first-order valence-corrected chi connectivity index (χ1v) is 17.3. The Hall–Kier alpha value is -7.56. The molecule has 0 aliphatic carbocycles. The lowest BCUT2D eigenvalue weighted by molar-refractivity contribution is 0.669. The van der Waals surface area contributed by atoms with Gasteiger partial charge in [-0.3, -0.25) is 0 Å². The maximum atomic E-state index is 11.0. The lowest BCUT2D eigenvalue weighted by Gasteiger charge is -2.14. The third kappa shape index (κ3) is 4.36. The molecule has 11 aromatic rings. The molecule has 4 heterocycles. The fraction of sp³-hybridized carbons (Fsp3) is 0. The summed E-state index contributed by atoms with van der Waals surface area (Å²) in [6, 6.07) is 52.9. The summed E-state index contributed by atoms with van der Waals surface area (Å²) >= 11 is 0. The highest BCUT2D eigenvalue weighted by Gasteiger charge is 2.26. The smallest absolute Gasteiger partial charge is 0.169 e. The van der Waals surface area contributed by atoms with Gasteiger partial charge in [-0.25, -0.2) is 15.0 Å². The molecular formula is C46H25N5O2. The van der Waals surface area contributed by atoms with Gasteiger partial charge in [0.2, 0.25) is 0 Å². The van der Waals surface area contributed by atoms with E-state index in [1.54, 1.807) is 0 Å². The number of hydrogen-bond donors (Lipinski definition) is 0. The van der Waals surface area contributed by atoms with Crippen molar-refractivity contribution in [3.05, 3.63) is 157 Å². The van der Waals surface area contributed by atoms with Crippen LogP contribution in [-0.4, -0.2) is 19.5 Å². The molecule has 0 saturated carbocycles. The van der Waals surface area contributed by atoms with Crippen LogP contribution in [0.4, 0.5) is 0 Å². The number of furan rings is 2. The molecule has 0 atom stereocenters. The maximum absolute atomic E-state index is 11.0. The first-order chi connectivity index (χ1) is 26.2. The summed E-state index contributed by atoms with van der Waals surface area (Å²) in [7, 11) is 0. The highest BCUT2D eigenvalue weighted by atomic mass is 16.3. The quantitative estimate of drug-likeness (QED) is 0.184. The molecule has 7 aromatic carbocycles. The van der Waals surface area contributed by atoms with Crippen LogP contribution in [0.25, 0.3) is 106 Å². The molecule has 0 radical (unpaired) electrons. The van der Waals surface area contributed by atoms with E-state index in [2.05, 4.69) is 53.1 Å². The van der Waals surface area contributed by atoms with Crippen LogP contribution < -0.4 is 0 Å². The number of benzene rings is 7. The number of nitrogens with zero attached hydrogens (tertiary/aromatic N) is 5. The largest absolute Gasteiger partial charge is 0.456 e. The Bertz CT molecular complexity index is 3240. The van der Waals surface area contributed by atoms with Crippen molar-refractivity contribution in [2.24, 2.45) is 0 Å². The van der Waals surface area contributed by atoms with Crippen molar-refractivity contribution < 1.29 is 8.83 Å². The van der Waals surface area contributed by atoms with E-state index in [0.29, 0.717) is 39.8 Å². The van der Waals surface area contributed by atoms with Crippen molar-refractivity contribution in [3.8, 4) is 45.9 Å². The zero-order valence-electron chi connectivity index (χ0n) is 28.0. The molecule has 0 aliphatic rings. The summed E-state index contributed by atoms with van der Waals surface area (Å²) in [5.74, 6) is 1.36. The van der Waals surface area contributed by atoms with Crippen LogP contribution in [0.2, 0.25) is 0 Å². The third-order valence-corrected chi connectivity index (χ3v) is 10.1. The van der Waals surface area contributed by atoms with Crippen molar-refractivity contribution in [2.45, 2.75) is 0 Å². The molecule has 246 valence electrons. The van der Waals surface area contributed by atoms with E-state index in [1.165, 1.54) is 0 Å². The second-order valence-electron chi connectivity index (χ2n) is 13.1. The van der Waals surface area contributed by atoms with Crippen molar-refractivity contribution >= 4 is 65.7 Å². The Labute approximate surface area is 301 Å². The van der Waals surface area contributed by atoms with Gasteiger partial charge in [-0.15, -0.1) is 0 Å². The predicted octanol–water partition coefficient (Wildman–Crippen LogP) is 11.6. The summed E-state index contributed by atoms with van der Waals surface area (Å²) in [5, 5.41) is 17.0. The Morgan fingerprint density at radius 1 is 0.472 bits per heavy atom. The predicted molar refractivity (Wildman–Crippen MR) is 210 cm³/mol. The van der Waals surface area contributed by atoms with E-state index >= 15 is 0 Å². The summed E-state index contributed by atoms with van der Waals surface area (Å²) in [4.78, 5) is 14.9. The van der Waals surface area contributed by atoms with Gasteiger partial charge in [0.05, 0.1) is 33.2 Å². The minimum atomic E-state index is 0.357. The van der Waals surface area contributed by atoms with Crippen molar-refractivity contribution in [1.82, 2.24) is 19.5 Å². The molecule has 0 spiro atoms. The van der Waals surface area contributed by atoms with E-state index in [0.717, 1.165) is 71.3 Å². The van der Waals surface area contributed by atoms with Gasteiger partial charge in [-0.2, -0.15) is 5.26 Å². The third-order valence-electron chi connectivity index (χ3n) is 10.1. The monoisotopic (exact) mass is 679 g/mol. The van der Waals surface area contributed by atoms with Gasteiger partial charge in [-0.05, 0) is 30.3 Å². The highest BCUT2D eigenvalue weighted by Crippen LogP contribution is 2.45. The molecule has 0 bridgehead atoms. The highest BCUT2D eigenvalue weighted by molar-refractivity contribution is 6.20.